The Morgan fingerprint density at radius 2 is 2.23 bits per heavy atom. The van der Waals surface area contributed by atoms with Crippen LogP contribution in [-0.2, 0) is 4.79 Å². The minimum absolute atomic E-state index is 0.164. The third-order valence-electron chi connectivity index (χ3n) is 1.34. The normalized spacial score (nSPS) is 9.31. The Labute approximate surface area is 76.0 Å². The second-order valence-electron chi connectivity index (χ2n) is 2.36. The van der Waals surface area contributed by atoms with Gasteiger partial charge in [0.2, 0.25) is 5.91 Å². The van der Waals surface area contributed by atoms with Gasteiger partial charge >= 0.3 is 6.01 Å². The van der Waals surface area contributed by atoms with Crippen molar-refractivity contribution in [2.45, 2.75) is 6.92 Å². The van der Waals surface area contributed by atoms with E-state index in [4.69, 9.17) is 4.42 Å². The van der Waals surface area contributed by atoms with E-state index >= 15 is 0 Å². The summed E-state index contributed by atoms with van der Waals surface area (Å²) in [5.74, 6) is 0.270. The number of hydrogen-bond acceptors (Lipinski definition) is 3. The predicted octanol–water partition coefficient (Wildman–Crippen LogP) is 1.92. The molecule has 0 unspecified atom stereocenters. The molecule has 0 saturated carbocycles. The van der Waals surface area contributed by atoms with Gasteiger partial charge in [-0.15, -0.1) is 0 Å². The molecule has 0 aliphatic carbocycles. The number of carbonyl (C=O) groups excluding carboxylic acids is 1. The first kappa shape index (κ1) is 9.25. The molecule has 1 rings (SSSR count). The third-order valence-corrected chi connectivity index (χ3v) is 1.34. The van der Waals surface area contributed by atoms with Gasteiger partial charge in [-0.05, 0) is 12.2 Å². The lowest BCUT2D eigenvalue weighted by molar-refractivity contribution is -0.114. The molecule has 1 amide bonds. The topological polar surface area (TPSA) is 55.1 Å². The molecule has 1 aromatic rings. The summed E-state index contributed by atoms with van der Waals surface area (Å²) in [6.07, 6.45) is 3.04. The van der Waals surface area contributed by atoms with Gasteiger partial charge in [0, 0.05) is 6.92 Å². The lowest BCUT2D eigenvalue weighted by Gasteiger charge is -1.90. The molecule has 1 N–H and O–H groups in total. The van der Waals surface area contributed by atoms with Gasteiger partial charge in [0.05, 0.1) is 0 Å². The molecule has 0 radical (unpaired) electrons. The standard InChI is InChI=1S/C9H10N2O2/c1-4-7-8(5-2)13-9(11-7)10-6(3)12/h4-5H,1-2H2,3H3,(H,10,11,12). The van der Waals surface area contributed by atoms with Crippen LogP contribution in [-0.4, -0.2) is 10.9 Å². The largest absolute Gasteiger partial charge is 0.423 e. The van der Waals surface area contributed by atoms with Gasteiger partial charge in [0.1, 0.15) is 5.69 Å². The smallest absolute Gasteiger partial charge is 0.302 e. The second-order valence-corrected chi connectivity index (χ2v) is 2.36. The quantitative estimate of drug-likeness (QED) is 0.769. The molecule has 4 heteroatoms. The lowest BCUT2D eigenvalue weighted by Crippen LogP contribution is -2.05. The Balaban J connectivity index is 2.99. The van der Waals surface area contributed by atoms with E-state index in [1.54, 1.807) is 0 Å². The zero-order valence-corrected chi connectivity index (χ0v) is 7.33. The number of hydrogen-bond donors (Lipinski definition) is 1. The molecule has 4 nitrogen and oxygen atoms in total. The Kier molecular flexibility index (Phi) is 2.64. The number of carbonyl (C=O) groups is 1. The van der Waals surface area contributed by atoms with Crippen molar-refractivity contribution in [1.82, 2.24) is 4.98 Å². The van der Waals surface area contributed by atoms with Crippen LogP contribution in [0.2, 0.25) is 0 Å². The number of nitrogens with zero attached hydrogens (tertiary/aromatic N) is 1. The maximum absolute atomic E-state index is 10.6. The molecule has 0 fully saturated rings. The van der Waals surface area contributed by atoms with Gasteiger partial charge in [0.15, 0.2) is 5.76 Å². The molecular weight excluding hydrogens is 168 g/mol. The van der Waals surface area contributed by atoms with Crippen molar-refractivity contribution in [3.8, 4) is 0 Å². The zero-order chi connectivity index (χ0) is 9.84. The van der Waals surface area contributed by atoms with Crippen LogP contribution in [0.15, 0.2) is 17.6 Å². The van der Waals surface area contributed by atoms with Crippen molar-refractivity contribution in [2.75, 3.05) is 5.32 Å². The molecule has 0 aliphatic heterocycles. The van der Waals surface area contributed by atoms with E-state index in [0.717, 1.165) is 0 Å². The Hall–Kier alpha value is -1.84. The van der Waals surface area contributed by atoms with Crippen LogP contribution in [0.1, 0.15) is 18.4 Å². The molecule has 0 aliphatic rings. The van der Waals surface area contributed by atoms with Gasteiger partial charge in [-0.25, -0.2) is 0 Å². The monoisotopic (exact) mass is 178 g/mol. The first-order valence-corrected chi connectivity index (χ1v) is 3.70. The van der Waals surface area contributed by atoms with Crippen molar-refractivity contribution in [2.24, 2.45) is 0 Å². The molecule has 0 atom stereocenters. The van der Waals surface area contributed by atoms with Crippen LogP contribution in [0.4, 0.5) is 6.01 Å². The van der Waals surface area contributed by atoms with E-state index in [0.29, 0.717) is 11.5 Å². The molecule has 1 aromatic heterocycles. The van der Waals surface area contributed by atoms with Crippen LogP contribution in [0.25, 0.3) is 12.2 Å². The van der Waals surface area contributed by atoms with Crippen LogP contribution < -0.4 is 5.32 Å². The minimum atomic E-state index is -0.229. The molecule has 0 spiro atoms. The zero-order valence-electron chi connectivity index (χ0n) is 7.33. The Morgan fingerprint density at radius 1 is 1.54 bits per heavy atom. The summed E-state index contributed by atoms with van der Waals surface area (Å²) >= 11 is 0. The summed E-state index contributed by atoms with van der Waals surface area (Å²) in [6.45, 7) is 8.47. The van der Waals surface area contributed by atoms with Crippen molar-refractivity contribution in [3.63, 3.8) is 0 Å². The molecule has 1 heterocycles. The van der Waals surface area contributed by atoms with Crippen molar-refractivity contribution >= 4 is 24.1 Å². The molecular formula is C9H10N2O2. The molecule has 0 saturated heterocycles. The number of anilines is 1. The van der Waals surface area contributed by atoms with Crippen molar-refractivity contribution in [3.05, 3.63) is 24.6 Å². The fraction of sp³-hybridized carbons (Fsp3) is 0.111. The van der Waals surface area contributed by atoms with E-state index in [1.165, 1.54) is 19.1 Å². The lowest BCUT2D eigenvalue weighted by atomic mass is 10.3. The summed E-state index contributed by atoms with van der Waals surface area (Å²) in [5, 5.41) is 2.42. The first-order valence-electron chi connectivity index (χ1n) is 3.70. The highest BCUT2D eigenvalue weighted by Crippen LogP contribution is 2.16. The van der Waals surface area contributed by atoms with Gasteiger partial charge in [0.25, 0.3) is 0 Å². The van der Waals surface area contributed by atoms with Crippen molar-refractivity contribution < 1.29 is 9.21 Å². The summed E-state index contributed by atoms with van der Waals surface area (Å²) in [6, 6.07) is 0.164. The maximum Gasteiger partial charge on any atom is 0.302 e. The summed E-state index contributed by atoms with van der Waals surface area (Å²) in [4.78, 5) is 14.6. The van der Waals surface area contributed by atoms with Gasteiger partial charge < -0.3 is 4.42 Å². The minimum Gasteiger partial charge on any atom is -0.423 e. The SMILES string of the molecule is C=Cc1nc(NC(C)=O)oc1C=C. The summed E-state index contributed by atoms with van der Waals surface area (Å²) in [5.41, 5.74) is 0.568. The predicted molar refractivity (Wildman–Crippen MR) is 51.0 cm³/mol. The van der Waals surface area contributed by atoms with Gasteiger partial charge in [-0.1, -0.05) is 13.2 Å². The van der Waals surface area contributed by atoms with Crippen LogP contribution in [0.5, 0.6) is 0 Å². The highest BCUT2D eigenvalue weighted by molar-refractivity contribution is 5.86. The molecule has 0 aromatic carbocycles. The van der Waals surface area contributed by atoms with E-state index in [-0.39, 0.29) is 11.9 Å². The van der Waals surface area contributed by atoms with Crippen LogP contribution >= 0.6 is 0 Å². The van der Waals surface area contributed by atoms with E-state index in [9.17, 15) is 4.79 Å². The maximum atomic E-state index is 10.6. The number of oxazole rings is 1. The molecule has 0 bridgehead atoms. The first-order chi connectivity index (χ1) is 6.17. The Bertz CT molecular complexity index is 327. The number of nitrogens with one attached hydrogen (secondary N) is 1. The van der Waals surface area contributed by atoms with E-state index in [2.05, 4.69) is 23.5 Å². The fourth-order valence-electron chi connectivity index (χ4n) is 0.840. The highest BCUT2D eigenvalue weighted by atomic mass is 16.4. The van der Waals surface area contributed by atoms with E-state index < -0.39 is 0 Å². The second kappa shape index (κ2) is 3.71. The fourth-order valence-corrected chi connectivity index (χ4v) is 0.840. The number of amides is 1. The summed E-state index contributed by atoms with van der Waals surface area (Å²) in [7, 11) is 0. The Morgan fingerprint density at radius 3 is 2.62 bits per heavy atom. The van der Waals surface area contributed by atoms with Crippen LogP contribution in [0.3, 0.4) is 0 Å². The average molecular weight is 178 g/mol. The average Bonchev–Trinajstić information content (AvgIpc) is 2.45. The number of aromatic nitrogens is 1. The van der Waals surface area contributed by atoms with Gasteiger partial charge in [-0.3, -0.25) is 10.1 Å². The van der Waals surface area contributed by atoms with Crippen LogP contribution in [0, 0.1) is 0 Å². The van der Waals surface area contributed by atoms with Crippen molar-refractivity contribution in [1.29, 1.82) is 0 Å². The van der Waals surface area contributed by atoms with Gasteiger partial charge in [-0.2, -0.15) is 4.98 Å². The number of rotatable bonds is 3. The van der Waals surface area contributed by atoms with E-state index in [1.807, 2.05) is 0 Å². The molecule has 68 valence electrons. The summed E-state index contributed by atoms with van der Waals surface area (Å²) < 4.78 is 5.13. The third kappa shape index (κ3) is 2.05. The highest BCUT2D eigenvalue weighted by Gasteiger charge is 2.07. The molecule has 13 heavy (non-hydrogen) atoms.